The molecule has 0 saturated heterocycles. The summed E-state index contributed by atoms with van der Waals surface area (Å²) in [5, 5.41) is 3.13. The van der Waals surface area contributed by atoms with Crippen LogP contribution in [0.2, 0.25) is 0 Å². The summed E-state index contributed by atoms with van der Waals surface area (Å²) in [6.45, 7) is 6.04. The third kappa shape index (κ3) is 3.48. The Morgan fingerprint density at radius 2 is 1.86 bits per heavy atom. The molecule has 3 heteroatoms. The van der Waals surface area contributed by atoms with Gasteiger partial charge < -0.3 is 10.1 Å². The number of methoxy groups -OCH3 is 1. The van der Waals surface area contributed by atoms with E-state index in [2.05, 4.69) is 18.3 Å². The van der Waals surface area contributed by atoms with Crippen molar-refractivity contribution >= 4 is 5.91 Å². The molecule has 0 saturated carbocycles. The number of benzene rings is 2. The minimum Gasteiger partial charge on any atom is -0.496 e. The molecular weight excluding hydrogens is 274 g/mol. The topological polar surface area (TPSA) is 38.3 Å². The summed E-state index contributed by atoms with van der Waals surface area (Å²) in [5.74, 6) is 0.835. The van der Waals surface area contributed by atoms with E-state index in [1.54, 1.807) is 7.11 Å². The highest BCUT2D eigenvalue weighted by atomic mass is 16.5. The second-order valence-corrected chi connectivity index (χ2v) is 5.48. The Labute approximate surface area is 132 Å². The average Bonchev–Trinajstić information content (AvgIpc) is 2.52. The van der Waals surface area contributed by atoms with Gasteiger partial charge in [-0.05, 0) is 49.1 Å². The first kappa shape index (κ1) is 16.1. The van der Waals surface area contributed by atoms with Gasteiger partial charge in [-0.1, -0.05) is 37.3 Å². The number of carbonyl (C=O) groups excluding carboxylic acids is 1. The number of amides is 1. The van der Waals surface area contributed by atoms with Gasteiger partial charge in [0.1, 0.15) is 5.75 Å². The van der Waals surface area contributed by atoms with Gasteiger partial charge in [0.05, 0.1) is 13.2 Å². The van der Waals surface area contributed by atoms with Crippen LogP contribution in [0.15, 0.2) is 42.5 Å². The lowest BCUT2D eigenvalue weighted by Gasteiger charge is -2.19. The molecule has 1 unspecified atom stereocenters. The minimum absolute atomic E-state index is 0.00304. The number of ether oxygens (including phenoxy) is 1. The van der Waals surface area contributed by atoms with Crippen LogP contribution < -0.4 is 10.1 Å². The summed E-state index contributed by atoms with van der Waals surface area (Å²) in [6, 6.07) is 13.7. The Bertz CT molecular complexity index is 664. The first-order valence-electron chi connectivity index (χ1n) is 7.57. The molecule has 0 aliphatic heterocycles. The lowest BCUT2D eigenvalue weighted by Crippen LogP contribution is -2.28. The van der Waals surface area contributed by atoms with Crippen LogP contribution in [0.5, 0.6) is 5.75 Å². The summed E-state index contributed by atoms with van der Waals surface area (Å²) in [7, 11) is 1.67. The molecule has 3 nitrogen and oxygen atoms in total. The molecule has 0 aromatic heterocycles. The molecule has 0 radical (unpaired) electrons. The fourth-order valence-electron chi connectivity index (χ4n) is 2.60. The van der Waals surface area contributed by atoms with Crippen molar-refractivity contribution in [2.45, 2.75) is 33.2 Å². The summed E-state index contributed by atoms with van der Waals surface area (Å²) in [5.41, 5.74) is 3.89. The molecule has 1 amide bonds. The van der Waals surface area contributed by atoms with Crippen LogP contribution in [0.1, 0.15) is 46.4 Å². The molecular formula is C19H23NO2. The summed E-state index contributed by atoms with van der Waals surface area (Å²) in [4.78, 5) is 12.5. The minimum atomic E-state index is -0.0292. The van der Waals surface area contributed by atoms with Crippen molar-refractivity contribution in [2.75, 3.05) is 7.11 Å². The van der Waals surface area contributed by atoms with Crippen LogP contribution >= 0.6 is 0 Å². The first-order valence-corrected chi connectivity index (χ1v) is 7.57. The molecule has 2 aromatic carbocycles. The van der Waals surface area contributed by atoms with Crippen LogP contribution in [0, 0.1) is 13.8 Å². The molecule has 1 N–H and O–H groups in total. The van der Waals surface area contributed by atoms with E-state index in [1.165, 1.54) is 0 Å². The quantitative estimate of drug-likeness (QED) is 0.898. The van der Waals surface area contributed by atoms with Crippen molar-refractivity contribution in [3.05, 3.63) is 64.7 Å². The summed E-state index contributed by atoms with van der Waals surface area (Å²) < 4.78 is 5.29. The molecule has 116 valence electrons. The zero-order chi connectivity index (χ0) is 16.1. The Hall–Kier alpha value is -2.29. The molecule has 0 aliphatic carbocycles. The van der Waals surface area contributed by atoms with Crippen molar-refractivity contribution in [3.8, 4) is 5.75 Å². The van der Waals surface area contributed by atoms with Gasteiger partial charge in [-0.2, -0.15) is 0 Å². The highest BCUT2D eigenvalue weighted by Gasteiger charge is 2.16. The van der Waals surface area contributed by atoms with Crippen molar-refractivity contribution in [1.29, 1.82) is 0 Å². The molecule has 2 rings (SSSR count). The predicted octanol–water partition coefficient (Wildman–Crippen LogP) is 4.19. The maximum absolute atomic E-state index is 12.5. The molecule has 22 heavy (non-hydrogen) atoms. The highest BCUT2D eigenvalue weighted by molar-refractivity contribution is 5.95. The number of aryl methyl sites for hydroxylation is 2. The van der Waals surface area contributed by atoms with E-state index in [9.17, 15) is 4.79 Å². The largest absolute Gasteiger partial charge is 0.496 e. The maximum Gasteiger partial charge on any atom is 0.252 e. The van der Waals surface area contributed by atoms with E-state index >= 15 is 0 Å². The second kappa shape index (κ2) is 7.12. The van der Waals surface area contributed by atoms with Crippen LogP contribution in [0.4, 0.5) is 0 Å². The monoisotopic (exact) mass is 297 g/mol. The van der Waals surface area contributed by atoms with Gasteiger partial charge in [-0.15, -0.1) is 0 Å². The van der Waals surface area contributed by atoms with Gasteiger partial charge in [0.25, 0.3) is 5.91 Å². The Morgan fingerprint density at radius 3 is 2.45 bits per heavy atom. The lowest BCUT2D eigenvalue weighted by molar-refractivity contribution is 0.0935. The van der Waals surface area contributed by atoms with Gasteiger partial charge in [0.15, 0.2) is 0 Å². The Morgan fingerprint density at radius 1 is 1.14 bits per heavy atom. The molecule has 0 fully saturated rings. The molecule has 2 aromatic rings. The van der Waals surface area contributed by atoms with Crippen LogP contribution in [0.25, 0.3) is 0 Å². The third-order valence-electron chi connectivity index (χ3n) is 3.92. The van der Waals surface area contributed by atoms with Crippen LogP contribution in [-0.4, -0.2) is 13.0 Å². The van der Waals surface area contributed by atoms with Crippen molar-refractivity contribution < 1.29 is 9.53 Å². The number of carbonyl (C=O) groups is 1. The molecule has 0 aliphatic rings. The summed E-state index contributed by atoms with van der Waals surface area (Å²) >= 11 is 0. The van der Waals surface area contributed by atoms with E-state index in [0.717, 1.165) is 34.4 Å². The fourth-order valence-corrected chi connectivity index (χ4v) is 2.60. The SMILES string of the molecule is CCC(NC(=O)c1ccccc1C)c1ccc(OC)c(C)c1. The van der Waals surface area contributed by atoms with E-state index < -0.39 is 0 Å². The summed E-state index contributed by atoms with van der Waals surface area (Å²) in [6.07, 6.45) is 0.837. The number of rotatable bonds is 5. The van der Waals surface area contributed by atoms with Gasteiger partial charge >= 0.3 is 0 Å². The zero-order valence-electron chi connectivity index (χ0n) is 13.6. The average molecular weight is 297 g/mol. The normalized spacial score (nSPS) is 11.8. The Balaban J connectivity index is 2.21. The second-order valence-electron chi connectivity index (χ2n) is 5.48. The van der Waals surface area contributed by atoms with Gasteiger partial charge in [0.2, 0.25) is 0 Å². The molecule has 0 heterocycles. The molecule has 0 bridgehead atoms. The first-order chi connectivity index (χ1) is 10.6. The highest BCUT2D eigenvalue weighted by Crippen LogP contribution is 2.24. The van der Waals surface area contributed by atoms with Gasteiger partial charge in [-0.25, -0.2) is 0 Å². The zero-order valence-corrected chi connectivity index (χ0v) is 13.6. The van der Waals surface area contributed by atoms with E-state index in [0.29, 0.717) is 0 Å². The maximum atomic E-state index is 12.5. The molecule has 0 spiro atoms. The van der Waals surface area contributed by atoms with Gasteiger partial charge in [-0.3, -0.25) is 4.79 Å². The van der Waals surface area contributed by atoms with E-state index in [1.807, 2.05) is 50.2 Å². The number of hydrogen-bond acceptors (Lipinski definition) is 2. The van der Waals surface area contributed by atoms with Crippen molar-refractivity contribution in [3.63, 3.8) is 0 Å². The number of hydrogen-bond donors (Lipinski definition) is 1. The molecule has 1 atom stereocenters. The van der Waals surface area contributed by atoms with E-state index in [-0.39, 0.29) is 11.9 Å². The van der Waals surface area contributed by atoms with Crippen LogP contribution in [0.3, 0.4) is 0 Å². The van der Waals surface area contributed by atoms with Crippen molar-refractivity contribution in [1.82, 2.24) is 5.32 Å². The smallest absolute Gasteiger partial charge is 0.252 e. The van der Waals surface area contributed by atoms with Crippen molar-refractivity contribution in [2.24, 2.45) is 0 Å². The predicted molar refractivity (Wildman–Crippen MR) is 89.4 cm³/mol. The number of nitrogens with one attached hydrogen (secondary N) is 1. The fraction of sp³-hybridized carbons (Fsp3) is 0.316. The third-order valence-corrected chi connectivity index (χ3v) is 3.92. The Kier molecular flexibility index (Phi) is 5.21. The van der Waals surface area contributed by atoms with Crippen LogP contribution in [-0.2, 0) is 0 Å². The standard InChI is InChI=1S/C19H23NO2/c1-5-17(15-10-11-18(22-4)14(3)12-15)20-19(21)16-9-7-6-8-13(16)2/h6-12,17H,5H2,1-4H3,(H,20,21). The van der Waals surface area contributed by atoms with Gasteiger partial charge in [0, 0.05) is 5.56 Å². The van der Waals surface area contributed by atoms with E-state index in [4.69, 9.17) is 4.74 Å². The lowest BCUT2D eigenvalue weighted by atomic mass is 10.0.